The highest BCUT2D eigenvalue weighted by Gasteiger charge is 2.18. The van der Waals surface area contributed by atoms with Gasteiger partial charge in [-0.2, -0.15) is 0 Å². The van der Waals surface area contributed by atoms with Crippen molar-refractivity contribution in [3.05, 3.63) is 75.4 Å². The second kappa shape index (κ2) is 13.2. The summed E-state index contributed by atoms with van der Waals surface area (Å²) < 4.78 is 7.43. The number of ether oxygens (including phenoxy) is 1. The molecule has 4 aromatic rings. The summed E-state index contributed by atoms with van der Waals surface area (Å²) in [7, 11) is 1.75. The van der Waals surface area contributed by atoms with Crippen molar-refractivity contribution in [1.29, 1.82) is 0 Å². The number of aromatic nitrogens is 4. The van der Waals surface area contributed by atoms with Crippen LogP contribution in [0.3, 0.4) is 0 Å². The van der Waals surface area contributed by atoms with Crippen molar-refractivity contribution < 1.29 is 19.2 Å². The van der Waals surface area contributed by atoms with Crippen LogP contribution in [0.4, 0.5) is 10.8 Å². The molecule has 0 spiro atoms. The Bertz CT molecular complexity index is 1500. The zero-order chi connectivity index (χ0) is 28.6. The lowest BCUT2D eigenvalue weighted by atomic mass is 10.1. The van der Waals surface area contributed by atoms with E-state index in [0.717, 1.165) is 6.42 Å². The molecule has 2 aromatic heterocycles. The fourth-order valence-electron chi connectivity index (χ4n) is 3.52. The zero-order valence-corrected chi connectivity index (χ0v) is 23.6. The van der Waals surface area contributed by atoms with E-state index in [-0.39, 0.29) is 29.8 Å². The Hall–Kier alpha value is -4.30. The predicted molar refractivity (Wildman–Crippen MR) is 152 cm³/mol. The Kier molecular flexibility index (Phi) is 9.45. The minimum Gasteiger partial charge on any atom is -0.481 e. The maximum absolute atomic E-state index is 12.5. The highest BCUT2D eigenvalue weighted by Crippen LogP contribution is 2.27. The van der Waals surface area contributed by atoms with Crippen LogP contribution in [-0.2, 0) is 29.6 Å². The van der Waals surface area contributed by atoms with Crippen LogP contribution in [0, 0.1) is 10.1 Å². The number of amides is 2. The number of carbonyl (C=O) groups is 2. The summed E-state index contributed by atoms with van der Waals surface area (Å²) in [6, 6.07) is 13.8. The Morgan fingerprint density at radius 2 is 1.98 bits per heavy atom. The van der Waals surface area contributed by atoms with E-state index in [1.165, 1.54) is 40.8 Å². The highest BCUT2D eigenvalue weighted by molar-refractivity contribution is 7.99. The molecule has 12 nitrogen and oxygen atoms in total. The fraction of sp³-hybridized carbons (Fsp3) is 0.269. The van der Waals surface area contributed by atoms with Crippen molar-refractivity contribution in [3.63, 3.8) is 0 Å². The Morgan fingerprint density at radius 3 is 2.70 bits per heavy atom. The second-order valence-corrected chi connectivity index (χ2v) is 10.4. The number of anilines is 1. The van der Waals surface area contributed by atoms with Crippen molar-refractivity contribution in [3.8, 4) is 17.0 Å². The van der Waals surface area contributed by atoms with E-state index in [0.29, 0.717) is 33.1 Å². The number of benzene rings is 2. The third-order valence-electron chi connectivity index (χ3n) is 5.80. The molecule has 0 bridgehead atoms. The molecule has 2 aromatic carbocycles. The van der Waals surface area contributed by atoms with Crippen LogP contribution >= 0.6 is 23.1 Å². The summed E-state index contributed by atoms with van der Waals surface area (Å²) in [5, 5.41) is 27.4. The van der Waals surface area contributed by atoms with Crippen LogP contribution < -0.4 is 15.4 Å². The van der Waals surface area contributed by atoms with Gasteiger partial charge in [0.1, 0.15) is 5.75 Å². The lowest BCUT2D eigenvalue weighted by Gasteiger charge is -2.15. The molecular weight excluding hydrogens is 554 g/mol. The van der Waals surface area contributed by atoms with Crippen LogP contribution in [0.5, 0.6) is 5.75 Å². The first kappa shape index (κ1) is 28.7. The van der Waals surface area contributed by atoms with E-state index < -0.39 is 11.0 Å². The maximum atomic E-state index is 12.5. The molecule has 40 heavy (non-hydrogen) atoms. The van der Waals surface area contributed by atoms with E-state index in [1.54, 1.807) is 36.1 Å². The van der Waals surface area contributed by atoms with Gasteiger partial charge in [-0.15, -0.1) is 21.5 Å². The quantitative estimate of drug-likeness (QED) is 0.142. The molecule has 2 N–H and O–H groups in total. The number of non-ortho nitro benzene ring substituents is 1. The van der Waals surface area contributed by atoms with E-state index in [4.69, 9.17) is 4.74 Å². The molecule has 0 fully saturated rings. The predicted octanol–water partition coefficient (Wildman–Crippen LogP) is 4.22. The number of hydrogen-bond acceptors (Lipinski definition) is 10. The molecule has 208 valence electrons. The van der Waals surface area contributed by atoms with Crippen LogP contribution in [0.1, 0.15) is 25.2 Å². The smallest absolute Gasteiger partial charge is 0.270 e. The number of thioether (sulfide) groups is 1. The molecule has 2 heterocycles. The van der Waals surface area contributed by atoms with Gasteiger partial charge in [-0.1, -0.05) is 43.0 Å². The summed E-state index contributed by atoms with van der Waals surface area (Å²) in [5.74, 6) is 0.627. The second-order valence-electron chi connectivity index (χ2n) is 8.62. The third-order valence-corrected chi connectivity index (χ3v) is 7.57. The molecule has 1 atom stereocenters. The number of nitro groups is 1. The first-order chi connectivity index (χ1) is 19.2. The molecule has 0 radical (unpaired) electrons. The van der Waals surface area contributed by atoms with Gasteiger partial charge in [0.15, 0.2) is 22.2 Å². The third kappa shape index (κ3) is 7.42. The van der Waals surface area contributed by atoms with E-state index >= 15 is 0 Å². The summed E-state index contributed by atoms with van der Waals surface area (Å²) in [5.41, 5.74) is 2.28. The SMILES string of the molecule is CCc1ccc(O[C@H](C)C(=O)NCc2nnc(SCC(=O)Nc3nc(-c4cccc([N+](=O)[O-])c4)cs3)n2C)cc1. The number of thiazole rings is 1. The van der Waals surface area contributed by atoms with Crippen LogP contribution in [0.2, 0.25) is 0 Å². The van der Waals surface area contributed by atoms with E-state index in [9.17, 15) is 19.7 Å². The van der Waals surface area contributed by atoms with Gasteiger partial charge in [-0.05, 0) is 31.0 Å². The normalized spacial score (nSPS) is 11.6. The topological polar surface area (TPSA) is 154 Å². The maximum Gasteiger partial charge on any atom is 0.270 e. The average molecular weight is 582 g/mol. The standard InChI is InChI=1S/C26H27N7O5S2/c1-4-17-8-10-20(11-9-17)38-16(2)24(35)27-13-22-30-31-26(32(22)3)40-15-23(34)29-25-28-21(14-39-25)18-6-5-7-19(12-18)33(36)37/h5-12,14,16H,4,13,15H2,1-3H3,(H,27,35)(H,28,29,34)/t16-/m1/s1. The van der Waals surface area contributed by atoms with Crippen LogP contribution in [-0.4, -0.2) is 48.3 Å². The average Bonchev–Trinajstić information content (AvgIpc) is 3.57. The van der Waals surface area contributed by atoms with Crippen molar-refractivity contribution >= 4 is 45.7 Å². The molecule has 0 aliphatic heterocycles. The van der Waals surface area contributed by atoms with Crippen LogP contribution in [0.15, 0.2) is 59.1 Å². The van der Waals surface area contributed by atoms with E-state index in [1.807, 2.05) is 24.3 Å². The number of hydrogen-bond donors (Lipinski definition) is 2. The van der Waals surface area contributed by atoms with Crippen molar-refractivity contribution in [2.24, 2.45) is 7.05 Å². The van der Waals surface area contributed by atoms with Gasteiger partial charge in [-0.3, -0.25) is 19.7 Å². The molecule has 4 rings (SSSR count). The van der Waals surface area contributed by atoms with Crippen molar-refractivity contribution in [1.82, 2.24) is 25.1 Å². The number of aryl methyl sites for hydroxylation is 1. The zero-order valence-electron chi connectivity index (χ0n) is 22.0. The molecule has 0 saturated carbocycles. The van der Waals surface area contributed by atoms with Gasteiger partial charge < -0.3 is 19.9 Å². The molecule has 14 heteroatoms. The van der Waals surface area contributed by atoms with Gasteiger partial charge in [-0.25, -0.2) is 4.98 Å². The lowest BCUT2D eigenvalue weighted by molar-refractivity contribution is -0.384. The van der Waals surface area contributed by atoms with Gasteiger partial charge in [0, 0.05) is 30.1 Å². The highest BCUT2D eigenvalue weighted by atomic mass is 32.2. The molecule has 0 saturated heterocycles. The number of nitrogens with one attached hydrogen (secondary N) is 2. The minimum absolute atomic E-state index is 0.0319. The largest absolute Gasteiger partial charge is 0.481 e. The summed E-state index contributed by atoms with van der Waals surface area (Å²) in [6.07, 6.45) is 0.234. The molecule has 0 aliphatic carbocycles. The van der Waals surface area contributed by atoms with Crippen molar-refractivity contribution in [2.75, 3.05) is 11.1 Å². The van der Waals surface area contributed by atoms with E-state index in [2.05, 4.69) is 32.7 Å². The monoisotopic (exact) mass is 581 g/mol. The first-order valence-corrected chi connectivity index (χ1v) is 14.1. The summed E-state index contributed by atoms with van der Waals surface area (Å²) in [4.78, 5) is 39.9. The van der Waals surface area contributed by atoms with Gasteiger partial charge in [0.05, 0.1) is 22.9 Å². The number of nitro benzene ring substituents is 1. The Balaban J connectivity index is 1.25. The lowest BCUT2D eigenvalue weighted by Crippen LogP contribution is -2.36. The van der Waals surface area contributed by atoms with Crippen LogP contribution in [0.25, 0.3) is 11.3 Å². The Labute approximate surface area is 238 Å². The number of carbonyl (C=O) groups excluding carboxylic acids is 2. The van der Waals surface area contributed by atoms with Crippen molar-refractivity contribution in [2.45, 2.75) is 38.1 Å². The van der Waals surface area contributed by atoms with Gasteiger partial charge in [0.25, 0.3) is 11.6 Å². The number of nitrogens with zero attached hydrogens (tertiary/aromatic N) is 5. The van der Waals surface area contributed by atoms with Gasteiger partial charge in [0.2, 0.25) is 5.91 Å². The Morgan fingerprint density at radius 1 is 1.20 bits per heavy atom. The molecule has 0 unspecified atom stereocenters. The molecule has 0 aliphatic rings. The number of rotatable bonds is 12. The summed E-state index contributed by atoms with van der Waals surface area (Å²) >= 11 is 2.41. The minimum atomic E-state index is -0.693. The molecule has 2 amide bonds. The first-order valence-electron chi connectivity index (χ1n) is 12.3. The molecular formula is C26H27N7O5S2. The van der Waals surface area contributed by atoms with Gasteiger partial charge >= 0.3 is 0 Å². The summed E-state index contributed by atoms with van der Waals surface area (Å²) in [6.45, 7) is 3.90. The fourth-order valence-corrected chi connectivity index (χ4v) is 4.99.